The summed E-state index contributed by atoms with van der Waals surface area (Å²) in [6, 6.07) is 10.3. The fraction of sp³-hybridized carbons (Fsp3) is 0.538. The molecule has 0 saturated carbocycles. The standard InChI is InChI=1S/C13H23NSi/c1-6-15(4,5)13-10-8-7-9-12(13)11-14(2)3/h7-10H,6,11H2,1-5H3. The van der Waals surface area contributed by atoms with E-state index in [1.165, 1.54) is 11.6 Å². The zero-order valence-corrected chi connectivity index (χ0v) is 11.7. The largest absolute Gasteiger partial charge is 0.305 e. The van der Waals surface area contributed by atoms with Gasteiger partial charge < -0.3 is 4.90 Å². The van der Waals surface area contributed by atoms with Gasteiger partial charge in [-0.2, -0.15) is 0 Å². The Morgan fingerprint density at radius 3 is 2.27 bits per heavy atom. The van der Waals surface area contributed by atoms with Gasteiger partial charge in [0.15, 0.2) is 0 Å². The first-order valence-electron chi connectivity index (χ1n) is 5.70. The molecule has 0 saturated heterocycles. The maximum absolute atomic E-state index is 2.46. The van der Waals surface area contributed by atoms with Crippen LogP contribution in [0, 0.1) is 0 Å². The molecule has 0 spiro atoms. The van der Waals surface area contributed by atoms with Crippen molar-refractivity contribution in [3.05, 3.63) is 29.8 Å². The van der Waals surface area contributed by atoms with Gasteiger partial charge in [-0.15, -0.1) is 0 Å². The van der Waals surface area contributed by atoms with Crippen molar-refractivity contribution in [2.45, 2.75) is 32.6 Å². The Morgan fingerprint density at radius 2 is 1.73 bits per heavy atom. The highest BCUT2D eigenvalue weighted by Gasteiger charge is 2.23. The lowest BCUT2D eigenvalue weighted by atomic mass is 10.2. The van der Waals surface area contributed by atoms with Crippen molar-refractivity contribution >= 4 is 13.3 Å². The lowest BCUT2D eigenvalue weighted by Gasteiger charge is -2.25. The Balaban J connectivity index is 3.06. The van der Waals surface area contributed by atoms with Gasteiger partial charge in [0, 0.05) is 6.54 Å². The van der Waals surface area contributed by atoms with E-state index in [0.29, 0.717) is 0 Å². The van der Waals surface area contributed by atoms with Crippen LogP contribution in [0.4, 0.5) is 0 Å². The second-order valence-corrected chi connectivity index (χ2v) is 10.1. The van der Waals surface area contributed by atoms with Crippen LogP contribution in [0.1, 0.15) is 12.5 Å². The summed E-state index contributed by atoms with van der Waals surface area (Å²) >= 11 is 0. The van der Waals surface area contributed by atoms with Crippen LogP contribution in [0.25, 0.3) is 0 Å². The Hall–Kier alpha value is -0.603. The quantitative estimate of drug-likeness (QED) is 0.707. The zero-order valence-electron chi connectivity index (χ0n) is 10.7. The van der Waals surface area contributed by atoms with Crippen LogP contribution in [0.3, 0.4) is 0 Å². The van der Waals surface area contributed by atoms with Crippen molar-refractivity contribution in [2.24, 2.45) is 0 Å². The van der Waals surface area contributed by atoms with Gasteiger partial charge in [-0.1, -0.05) is 55.5 Å². The average molecular weight is 221 g/mol. The van der Waals surface area contributed by atoms with E-state index < -0.39 is 8.07 Å². The SMILES string of the molecule is CC[Si](C)(C)c1ccccc1CN(C)C. The predicted molar refractivity (Wildman–Crippen MR) is 71.4 cm³/mol. The summed E-state index contributed by atoms with van der Waals surface area (Å²) in [5, 5.41) is 1.63. The number of hydrogen-bond acceptors (Lipinski definition) is 1. The van der Waals surface area contributed by atoms with Crippen molar-refractivity contribution in [1.29, 1.82) is 0 Å². The molecule has 0 aliphatic heterocycles. The van der Waals surface area contributed by atoms with Gasteiger partial charge in [-0.25, -0.2) is 0 Å². The average Bonchev–Trinajstić information content (AvgIpc) is 2.17. The predicted octanol–water partition coefficient (Wildman–Crippen LogP) is 2.68. The molecule has 1 aromatic rings. The third-order valence-electron chi connectivity index (χ3n) is 3.12. The lowest BCUT2D eigenvalue weighted by molar-refractivity contribution is 0.403. The van der Waals surface area contributed by atoms with E-state index in [2.05, 4.69) is 63.3 Å². The van der Waals surface area contributed by atoms with Crippen LogP contribution in [-0.2, 0) is 6.54 Å². The molecule has 1 nitrogen and oxygen atoms in total. The molecule has 1 rings (SSSR count). The van der Waals surface area contributed by atoms with Crippen molar-refractivity contribution in [2.75, 3.05) is 14.1 Å². The van der Waals surface area contributed by atoms with E-state index in [4.69, 9.17) is 0 Å². The van der Waals surface area contributed by atoms with Crippen LogP contribution < -0.4 is 5.19 Å². The number of hydrogen-bond donors (Lipinski definition) is 0. The maximum Gasteiger partial charge on any atom is 0.0807 e. The van der Waals surface area contributed by atoms with Crippen molar-refractivity contribution in [3.8, 4) is 0 Å². The van der Waals surface area contributed by atoms with Crippen LogP contribution >= 0.6 is 0 Å². The van der Waals surface area contributed by atoms with E-state index in [-0.39, 0.29) is 0 Å². The third-order valence-corrected chi connectivity index (χ3v) is 6.83. The fourth-order valence-corrected chi connectivity index (χ4v) is 3.81. The van der Waals surface area contributed by atoms with Gasteiger partial charge in [0.2, 0.25) is 0 Å². The first-order chi connectivity index (χ1) is 6.97. The fourth-order valence-electron chi connectivity index (χ4n) is 1.85. The molecule has 0 aliphatic rings. The molecule has 0 N–H and O–H groups in total. The minimum atomic E-state index is -1.19. The maximum atomic E-state index is 2.46. The van der Waals surface area contributed by atoms with Gasteiger partial charge in [-0.3, -0.25) is 0 Å². The van der Waals surface area contributed by atoms with Gasteiger partial charge in [0.25, 0.3) is 0 Å². The number of benzene rings is 1. The number of rotatable bonds is 4. The molecule has 2 heteroatoms. The molecule has 0 atom stereocenters. The first-order valence-corrected chi connectivity index (χ1v) is 8.91. The molecule has 0 aliphatic carbocycles. The van der Waals surface area contributed by atoms with Crippen LogP contribution in [-0.4, -0.2) is 27.1 Å². The van der Waals surface area contributed by atoms with Crippen LogP contribution in [0.15, 0.2) is 24.3 Å². The smallest absolute Gasteiger partial charge is 0.0807 e. The van der Waals surface area contributed by atoms with Crippen LogP contribution in [0.2, 0.25) is 19.1 Å². The highest BCUT2D eigenvalue weighted by molar-refractivity contribution is 6.90. The monoisotopic (exact) mass is 221 g/mol. The molecule has 0 aromatic heterocycles. The van der Waals surface area contributed by atoms with Gasteiger partial charge in [0.1, 0.15) is 0 Å². The molecule has 84 valence electrons. The minimum Gasteiger partial charge on any atom is -0.305 e. The van der Waals surface area contributed by atoms with Gasteiger partial charge >= 0.3 is 0 Å². The Bertz CT molecular complexity index is 318. The Morgan fingerprint density at radius 1 is 1.13 bits per heavy atom. The highest BCUT2D eigenvalue weighted by atomic mass is 28.3. The number of nitrogens with zero attached hydrogens (tertiary/aromatic N) is 1. The molecule has 1 aromatic carbocycles. The second-order valence-electron chi connectivity index (χ2n) is 5.13. The summed E-state index contributed by atoms with van der Waals surface area (Å²) in [6.07, 6.45) is 0. The van der Waals surface area contributed by atoms with Crippen LogP contribution in [0.5, 0.6) is 0 Å². The lowest BCUT2D eigenvalue weighted by Crippen LogP contribution is -2.43. The summed E-state index contributed by atoms with van der Waals surface area (Å²) in [5.41, 5.74) is 1.51. The summed E-state index contributed by atoms with van der Waals surface area (Å²) in [5.74, 6) is 0. The summed E-state index contributed by atoms with van der Waals surface area (Å²) < 4.78 is 0. The molecule has 0 bridgehead atoms. The molecule has 15 heavy (non-hydrogen) atoms. The topological polar surface area (TPSA) is 3.24 Å². The van der Waals surface area contributed by atoms with E-state index in [1.807, 2.05) is 0 Å². The van der Waals surface area contributed by atoms with Crippen molar-refractivity contribution in [3.63, 3.8) is 0 Å². The van der Waals surface area contributed by atoms with Crippen molar-refractivity contribution < 1.29 is 0 Å². The van der Waals surface area contributed by atoms with E-state index >= 15 is 0 Å². The zero-order chi connectivity index (χ0) is 11.5. The normalized spacial score (nSPS) is 12.1. The third kappa shape index (κ3) is 3.18. The molecule has 0 radical (unpaired) electrons. The highest BCUT2D eigenvalue weighted by Crippen LogP contribution is 2.12. The second kappa shape index (κ2) is 4.95. The molecule has 0 heterocycles. The van der Waals surface area contributed by atoms with E-state index in [0.717, 1.165) is 6.54 Å². The van der Waals surface area contributed by atoms with Gasteiger partial charge in [-0.05, 0) is 19.7 Å². The summed E-state index contributed by atoms with van der Waals surface area (Å²) in [7, 11) is 3.08. The molecule has 0 unspecified atom stereocenters. The van der Waals surface area contributed by atoms with Crippen molar-refractivity contribution in [1.82, 2.24) is 4.90 Å². The molecular formula is C13H23NSi. The Kier molecular flexibility index (Phi) is 4.11. The summed E-state index contributed by atoms with van der Waals surface area (Å²) in [6.45, 7) is 8.30. The molecule has 0 fully saturated rings. The van der Waals surface area contributed by atoms with E-state index in [9.17, 15) is 0 Å². The molecular weight excluding hydrogens is 198 g/mol. The summed E-state index contributed by atoms with van der Waals surface area (Å²) in [4.78, 5) is 2.25. The van der Waals surface area contributed by atoms with Gasteiger partial charge in [0.05, 0.1) is 8.07 Å². The minimum absolute atomic E-state index is 1.06. The Labute approximate surface area is 95.1 Å². The first kappa shape index (κ1) is 12.5. The molecule has 0 amide bonds. The van der Waals surface area contributed by atoms with E-state index in [1.54, 1.807) is 5.19 Å².